The van der Waals surface area contributed by atoms with Gasteiger partial charge in [0.05, 0.1) is 42.0 Å². The first-order chi connectivity index (χ1) is 14.1. The number of hydrogen-bond acceptors (Lipinski definition) is 6. The van der Waals surface area contributed by atoms with Gasteiger partial charge in [0, 0.05) is 6.07 Å². The van der Waals surface area contributed by atoms with Gasteiger partial charge in [0.2, 0.25) is 5.88 Å². The van der Waals surface area contributed by atoms with E-state index < -0.39 is 17.7 Å². The van der Waals surface area contributed by atoms with Crippen molar-refractivity contribution in [3.63, 3.8) is 0 Å². The zero-order valence-corrected chi connectivity index (χ0v) is 17.1. The highest BCUT2D eigenvalue weighted by Gasteiger charge is 2.30. The number of nitrogens with one attached hydrogen (secondary N) is 3. The average molecular weight is 417 g/mol. The Hall–Kier alpha value is -3.24. The van der Waals surface area contributed by atoms with Crippen LogP contribution in [0.4, 0.5) is 15.0 Å². The number of fused-ring (bicyclic) bond motifs is 1. The van der Waals surface area contributed by atoms with E-state index >= 15 is 0 Å². The number of halogens is 1. The van der Waals surface area contributed by atoms with Crippen LogP contribution in [0.5, 0.6) is 5.88 Å². The van der Waals surface area contributed by atoms with Gasteiger partial charge < -0.3 is 20.3 Å². The first-order valence-corrected chi connectivity index (χ1v) is 9.22. The number of ether oxygens (including phenoxy) is 1. The molecule has 10 heteroatoms. The van der Waals surface area contributed by atoms with Crippen molar-refractivity contribution in [1.82, 2.24) is 20.5 Å². The normalized spacial score (nSPS) is 12.6. The third-order valence-electron chi connectivity index (χ3n) is 4.67. The number of rotatable bonds is 6. The lowest BCUT2D eigenvalue weighted by molar-refractivity contribution is 0.0415. The molecule has 3 rings (SSSR count). The molecule has 0 radical (unpaired) electrons. The minimum absolute atomic E-state index is 0.167. The number of anilines is 1. The van der Waals surface area contributed by atoms with Gasteiger partial charge >= 0.3 is 6.03 Å². The number of aryl methyl sites for hydroxylation is 1. The molecule has 0 saturated carbocycles. The standard InChI is InChI=1S/C20H24FN5O4/c1-10-7-11(5-6-12(10)21)17(20(2,3)29)24-19(28)23-15-8-13-16(14(9-27)22-15)18(30-4)26-25-13/h5-8,17,27,29H,9H2,1-4H3,(H,25,26)(H2,22,23,24,28). The fraction of sp³-hybridized carbons (Fsp3) is 0.350. The van der Waals surface area contributed by atoms with E-state index in [0.717, 1.165) is 0 Å². The number of aliphatic hydroxyl groups excluding tert-OH is 1. The molecule has 1 atom stereocenters. The topological polar surface area (TPSA) is 132 Å². The second-order valence-corrected chi connectivity index (χ2v) is 7.46. The minimum atomic E-state index is -1.33. The van der Waals surface area contributed by atoms with Gasteiger partial charge in [-0.05, 0) is 38.0 Å². The second-order valence-electron chi connectivity index (χ2n) is 7.46. The number of hydrogen-bond donors (Lipinski definition) is 5. The molecule has 9 nitrogen and oxygen atoms in total. The molecule has 30 heavy (non-hydrogen) atoms. The number of aliphatic hydroxyl groups is 2. The molecule has 2 aromatic heterocycles. The van der Waals surface area contributed by atoms with E-state index in [1.54, 1.807) is 32.9 Å². The number of H-pyrrole nitrogens is 1. The number of carbonyl (C=O) groups excluding carboxylic acids is 1. The van der Waals surface area contributed by atoms with Crippen LogP contribution in [-0.4, -0.2) is 44.1 Å². The molecule has 0 bridgehead atoms. The summed E-state index contributed by atoms with van der Waals surface area (Å²) in [6.45, 7) is 4.31. The van der Waals surface area contributed by atoms with E-state index in [1.165, 1.54) is 19.2 Å². The zero-order valence-electron chi connectivity index (χ0n) is 17.1. The number of aromatic amines is 1. The largest absolute Gasteiger partial charge is 0.479 e. The maximum absolute atomic E-state index is 13.6. The quantitative estimate of drug-likeness (QED) is 0.419. The fourth-order valence-corrected chi connectivity index (χ4v) is 3.22. The summed E-state index contributed by atoms with van der Waals surface area (Å²) in [7, 11) is 1.45. The Morgan fingerprint density at radius 3 is 2.70 bits per heavy atom. The van der Waals surface area contributed by atoms with Gasteiger partial charge in [0.1, 0.15) is 11.6 Å². The Kier molecular flexibility index (Phi) is 5.90. The molecule has 1 unspecified atom stereocenters. The number of amides is 2. The molecular weight excluding hydrogens is 393 g/mol. The summed E-state index contributed by atoms with van der Waals surface area (Å²) in [6, 6.07) is 4.47. The van der Waals surface area contributed by atoms with Gasteiger partial charge in [-0.3, -0.25) is 10.4 Å². The van der Waals surface area contributed by atoms with Gasteiger partial charge in [-0.1, -0.05) is 12.1 Å². The van der Waals surface area contributed by atoms with Crippen molar-refractivity contribution in [2.24, 2.45) is 0 Å². The molecule has 0 aliphatic carbocycles. The van der Waals surface area contributed by atoms with Crippen LogP contribution < -0.4 is 15.4 Å². The predicted octanol–water partition coefficient (Wildman–Crippen LogP) is 2.54. The number of aromatic nitrogens is 3. The lowest BCUT2D eigenvalue weighted by Crippen LogP contribution is -2.44. The van der Waals surface area contributed by atoms with Crippen LogP contribution in [-0.2, 0) is 6.61 Å². The van der Waals surface area contributed by atoms with E-state index in [4.69, 9.17) is 4.74 Å². The average Bonchev–Trinajstić information content (AvgIpc) is 3.10. The van der Waals surface area contributed by atoms with Crippen molar-refractivity contribution in [1.29, 1.82) is 0 Å². The Morgan fingerprint density at radius 2 is 2.10 bits per heavy atom. The third-order valence-corrected chi connectivity index (χ3v) is 4.67. The van der Waals surface area contributed by atoms with Gasteiger partial charge in [0.25, 0.3) is 0 Å². The van der Waals surface area contributed by atoms with E-state index in [2.05, 4.69) is 25.8 Å². The Bertz CT molecular complexity index is 1080. The number of methoxy groups -OCH3 is 1. The highest BCUT2D eigenvalue weighted by Crippen LogP contribution is 2.29. The summed E-state index contributed by atoms with van der Waals surface area (Å²) in [6.07, 6.45) is 0. The molecule has 2 amide bonds. The smallest absolute Gasteiger partial charge is 0.320 e. The van der Waals surface area contributed by atoms with Gasteiger partial charge in [0.15, 0.2) is 0 Å². The summed E-state index contributed by atoms with van der Waals surface area (Å²) >= 11 is 0. The molecule has 2 heterocycles. The number of urea groups is 1. The van der Waals surface area contributed by atoms with Gasteiger partial charge in [-0.2, -0.15) is 0 Å². The Morgan fingerprint density at radius 1 is 1.37 bits per heavy atom. The predicted molar refractivity (Wildman–Crippen MR) is 109 cm³/mol. The van der Waals surface area contributed by atoms with Crippen molar-refractivity contribution in [3.05, 3.63) is 46.9 Å². The van der Waals surface area contributed by atoms with Crippen molar-refractivity contribution < 1.29 is 24.1 Å². The molecule has 0 aliphatic heterocycles. The highest BCUT2D eigenvalue weighted by atomic mass is 19.1. The maximum Gasteiger partial charge on any atom is 0.320 e. The van der Waals surface area contributed by atoms with Crippen LogP contribution in [0, 0.1) is 12.7 Å². The first kappa shape index (κ1) is 21.5. The summed E-state index contributed by atoms with van der Waals surface area (Å²) in [5.74, 6) is 0.0770. The van der Waals surface area contributed by atoms with E-state index in [9.17, 15) is 19.4 Å². The summed E-state index contributed by atoms with van der Waals surface area (Å²) in [5, 5.41) is 32.7. The van der Waals surface area contributed by atoms with Crippen LogP contribution >= 0.6 is 0 Å². The van der Waals surface area contributed by atoms with E-state index in [1.807, 2.05) is 0 Å². The van der Waals surface area contributed by atoms with Gasteiger partial charge in [-0.15, -0.1) is 5.10 Å². The molecule has 160 valence electrons. The fourth-order valence-electron chi connectivity index (χ4n) is 3.22. The minimum Gasteiger partial charge on any atom is -0.479 e. The van der Waals surface area contributed by atoms with E-state index in [-0.39, 0.29) is 29.8 Å². The maximum atomic E-state index is 13.6. The van der Waals surface area contributed by atoms with Crippen molar-refractivity contribution in [3.8, 4) is 5.88 Å². The van der Waals surface area contributed by atoms with Crippen LogP contribution in [0.2, 0.25) is 0 Å². The van der Waals surface area contributed by atoms with Gasteiger partial charge in [-0.25, -0.2) is 14.2 Å². The molecule has 0 saturated heterocycles. The van der Waals surface area contributed by atoms with Crippen molar-refractivity contribution in [2.45, 2.75) is 39.0 Å². The van der Waals surface area contributed by atoms with Crippen LogP contribution in [0.3, 0.4) is 0 Å². The summed E-state index contributed by atoms with van der Waals surface area (Å²) < 4.78 is 18.8. The van der Waals surface area contributed by atoms with Crippen molar-refractivity contribution in [2.75, 3.05) is 12.4 Å². The molecule has 0 fully saturated rings. The highest BCUT2D eigenvalue weighted by molar-refractivity contribution is 5.93. The van der Waals surface area contributed by atoms with Crippen molar-refractivity contribution >= 4 is 22.8 Å². The van der Waals surface area contributed by atoms with E-state index in [0.29, 0.717) is 22.0 Å². The number of carbonyl (C=O) groups is 1. The number of pyridine rings is 1. The molecule has 3 aromatic rings. The Labute approximate surface area is 172 Å². The van der Waals surface area contributed by atoms with Crippen LogP contribution in [0.25, 0.3) is 10.9 Å². The molecular formula is C20H24FN5O4. The third kappa shape index (κ3) is 4.34. The SMILES string of the molecule is COc1n[nH]c2cc(NC(=O)NC(c3ccc(F)c(C)c3)C(C)(C)O)nc(CO)c12. The monoisotopic (exact) mass is 417 g/mol. The second kappa shape index (κ2) is 8.25. The lowest BCUT2D eigenvalue weighted by Gasteiger charge is -2.31. The summed E-state index contributed by atoms with van der Waals surface area (Å²) in [4.78, 5) is 16.9. The number of benzene rings is 1. The zero-order chi connectivity index (χ0) is 22.1. The molecule has 5 N–H and O–H groups in total. The molecule has 0 spiro atoms. The molecule has 1 aromatic carbocycles. The first-order valence-electron chi connectivity index (χ1n) is 9.22. The summed E-state index contributed by atoms with van der Waals surface area (Å²) in [5.41, 5.74) is 0.425. The molecule has 0 aliphatic rings. The van der Waals surface area contributed by atoms with Crippen LogP contribution in [0.15, 0.2) is 24.3 Å². The lowest BCUT2D eigenvalue weighted by atomic mass is 9.91. The number of nitrogens with zero attached hydrogens (tertiary/aromatic N) is 2. The Balaban J connectivity index is 1.86. The van der Waals surface area contributed by atoms with Crippen LogP contribution in [0.1, 0.15) is 36.7 Å².